The van der Waals surface area contributed by atoms with E-state index in [9.17, 15) is 14.4 Å². The summed E-state index contributed by atoms with van der Waals surface area (Å²) in [5.41, 5.74) is 4.42. The van der Waals surface area contributed by atoms with Crippen molar-refractivity contribution in [3.05, 3.63) is 23.7 Å². The third-order valence-electron chi connectivity index (χ3n) is 3.64. The standard InChI is InChI=1S/C12H14N4O4/c13-5-7-1-2-8(20-7)9(17)16-4-3-12(6-16)10(18)14-11(19)15-12/h1-2H,3-6,13H2,(H2,14,15,18,19). The zero-order chi connectivity index (χ0) is 14.3. The van der Waals surface area contributed by atoms with E-state index in [4.69, 9.17) is 10.2 Å². The summed E-state index contributed by atoms with van der Waals surface area (Å²) < 4.78 is 5.30. The Morgan fingerprint density at radius 3 is 2.85 bits per heavy atom. The lowest BCUT2D eigenvalue weighted by Crippen LogP contribution is -2.49. The molecule has 1 aromatic rings. The van der Waals surface area contributed by atoms with Gasteiger partial charge in [-0.3, -0.25) is 14.9 Å². The lowest BCUT2D eigenvalue weighted by atomic mass is 10.00. The molecule has 2 aliphatic heterocycles. The van der Waals surface area contributed by atoms with E-state index < -0.39 is 11.6 Å². The number of nitrogens with one attached hydrogen (secondary N) is 2. The number of hydrogen-bond acceptors (Lipinski definition) is 5. The van der Waals surface area contributed by atoms with E-state index in [0.717, 1.165) is 0 Å². The van der Waals surface area contributed by atoms with E-state index in [2.05, 4.69) is 10.6 Å². The van der Waals surface area contributed by atoms with Gasteiger partial charge in [-0.1, -0.05) is 0 Å². The van der Waals surface area contributed by atoms with Gasteiger partial charge in [-0.05, 0) is 18.6 Å². The minimum absolute atomic E-state index is 0.141. The van der Waals surface area contributed by atoms with Crippen molar-refractivity contribution in [1.29, 1.82) is 0 Å². The number of amides is 4. The summed E-state index contributed by atoms with van der Waals surface area (Å²) in [5.74, 6) is 0.0109. The molecule has 0 saturated carbocycles. The topological polar surface area (TPSA) is 118 Å². The lowest BCUT2D eigenvalue weighted by Gasteiger charge is -2.20. The van der Waals surface area contributed by atoms with Crippen LogP contribution in [0.1, 0.15) is 22.7 Å². The van der Waals surface area contributed by atoms with E-state index in [1.54, 1.807) is 12.1 Å². The first-order valence-corrected chi connectivity index (χ1v) is 6.26. The Labute approximate surface area is 114 Å². The first-order valence-electron chi connectivity index (χ1n) is 6.26. The Kier molecular flexibility index (Phi) is 2.75. The van der Waals surface area contributed by atoms with Crippen molar-refractivity contribution in [3.8, 4) is 0 Å². The normalized spacial score (nSPS) is 25.1. The number of nitrogens with two attached hydrogens (primary N) is 1. The second kappa shape index (κ2) is 4.34. The Balaban J connectivity index is 1.75. The summed E-state index contributed by atoms with van der Waals surface area (Å²) in [4.78, 5) is 36.8. The quantitative estimate of drug-likeness (QED) is 0.610. The van der Waals surface area contributed by atoms with Gasteiger partial charge in [0.2, 0.25) is 0 Å². The maximum atomic E-state index is 12.3. The number of hydrogen-bond donors (Lipinski definition) is 3. The number of carbonyl (C=O) groups is 3. The maximum Gasteiger partial charge on any atom is 0.322 e. The van der Waals surface area contributed by atoms with Gasteiger partial charge in [-0.2, -0.15) is 0 Å². The molecule has 3 rings (SSSR count). The molecular formula is C12H14N4O4. The van der Waals surface area contributed by atoms with Crippen LogP contribution in [0.4, 0.5) is 4.79 Å². The highest BCUT2D eigenvalue weighted by Crippen LogP contribution is 2.26. The molecule has 0 aromatic carbocycles. The second-order valence-electron chi connectivity index (χ2n) is 4.94. The van der Waals surface area contributed by atoms with Crippen LogP contribution in [0.25, 0.3) is 0 Å². The van der Waals surface area contributed by atoms with Gasteiger partial charge in [0.15, 0.2) is 5.76 Å². The zero-order valence-corrected chi connectivity index (χ0v) is 10.6. The average molecular weight is 278 g/mol. The van der Waals surface area contributed by atoms with Gasteiger partial charge in [0.05, 0.1) is 13.1 Å². The van der Waals surface area contributed by atoms with Crippen LogP contribution >= 0.6 is 0 Å². The summed E-state index contributed by atoms with van der Waals surface area (Å²) >= 11 is 0. The molecule has 106 valence electrons. The molecule has 8 nitrogen and oxygen atoms in total. The van der Waals surface area contributed by atoms with E-state index in [-0.39, 0.29) is 30.7 Å². The highest BCUT2D eigenvalue weighted by molar-refractivity contribution is 6.08. The zero-order valence-electron chi connectivity index (χ0n) is 10.6. The molecule has 0 aliphatic carbocycles. The van der Waals surface area contributed by atoms with Gasteiger partial charge in [0.1, 0.15) is 11.3 Å². The fourth-order valence-electron chi connectivity index (χ4n) is 2.56. The largest absolute Gasteiger partial charge is 0.455 e. The van der Waals surface area contributed by atoms with Crippen LogP contribution in [0.5, 0.6) is 0 Å². The Morgan fingerprint density at radius 2 is 2.25 bits per heavy atom. The predicted octanol–water partition coefficient (Wildman–Crippen LogP) is -0.838. The Morgan fingerprint density at radius 1 is 1.45 bits per heavy atom. The van der Waals surface area contributed by atoms with Crippen molar-refractivity contribution >= 4 is 17.8 Å². The molecule has 1 aromatic heterocycles. The predicted molar refractivity (Wildman–Crippen MR) is 66.5 cm³/mol. The van der Waals surface area contributed by atoms with Crippen molar-refractivity contribution in [1.82, 2.24) is 15.5 Å². The summed E-state index contributed by atoms with van der Waals surface area (Å²) in [6, 6.07) is 2.68. The van der Waals surface area contributed by atoms with Crippen LogP contribution in [-0.2, 0) is 11.3 Å². The van der Waals surface area contributed by atoms with Crippen molar-refractivity contribution in [2.24, 2.45) is 5.73 Å². The first kappa shape index (κ1) is 12.7. The number of nitrogens with zero attached hydrogens (tertiary/aromatic N) is 1. The minimum Gasteiger partial charge on any atom is -0.455 e. The highest BCUT2D eigenvalue weighted by Gasteiger charge is 2.51. The van der Waals surface area contributed by atoms with Crippen molar-refractivity contribution in [2.45, 2.75) is 18.5 Å². The molecule has 4 N–H and O–H groups in total. The van der Waals surface area contributed by atoms with Crippen LogP contribution in [0.2, 0.25) is 0 Å². The van der Waals surface area contributed by atoms with Gasteiger partial charge in [0, 0.05) is 6.54 Å². The summed E-state index contributed by atoms with van der Waals surface area (Å²) in [6.45, 7) is 0.739. The van der Waals surface area contributed by atoms with E-state index >= 15 is 0 Å². The molecule has 3 heterocycles. The molecule has 4 amide bonds. The molecule has 2 saturated heterocycles. The van der Waals surface area contributed by atoms with Crippen LogP contribution in [0, 0.1) is 0 Å². The van der Waals surface area contributed by atoms with Crippen LogP contribution in [0.15, 0.2) is 16.5 Å². The molecular weight excluding hydrogens is 264 g/mol. The molecule has 1 unspecified atom stereocenters. The van der Waals surface area contributed by atoms with Crippen LogP contribution in [-0.4, -0.2) is 41.4 Å². The summed E-state index contributed by atoms with van der Waals surface area (Å²) in [7, 11) is 0. The fourth-order valence-corrected chi connectivity index (χ4v) is 2.56. The molecule has 20 heavy (non-hydrogen) atoms. The first-order chi connectivity index (χ1) is 9.54. The molecule has 0 radical (unpaired) electrons. The summed E-state index contributed by atoms with van der Waals surface area (Å²) in [5, 5.41) is 4.78. The van der Waals surface area contributed by atoms with E-state index in [1.165, 1.54) is 4.90 Å². The van der Waals surface area contributed by atoms with Crippen LogP contribution in [0.3, 0.4) is 0 Å². The average Bonchev–Trinajstić information content (AvgIpc) is 3.10. The van der Waals surface area contributed by atoms with Gasteiger partial charge >= 0.3 is 6.03 Å². The fraction of sp³-hybridized carbons (Fsp3) is 0.417. The summed E-state index contributed by atoms with van der Waals surface area (Å²) in [6.07, 6.45) is 0.390. The SMILES string of the molecule is NCc1ccc(C(=O)N2CCC3(C2)NC(=O)NC3=O)o1. The molecule has 8 heteroatoms. The number of rotatable bonds is 2. The molecule has 1 atom stereocenters. The number of imide groups is 1. The van der Waals surface area contributed by atoms with Crippen LogP contribution < -0.4 is 16.4 Å². The van der Waals surface area contributed by atoms with Gasteiger partial charge in [-0.15, -0.1) is 0 Å². The third-order valence-corrected chi connectivity index (χ3v) is 3.64. The van der Waals surface area contributed by atoms with Gasteiger partial charge in [0.25, 0.3) is 11.8 Å². The van der Waals surface area contributed by atoms with Crippen molar-refractivity contribution < 1.29 is 18.8 Å². The van der Waals surface area contributed by atoms with Crippen molar-refractivity contribution in [2.75, 3.05) is 13.1 Å². The second-order valence-corrected chi connectivity index (χ2v) is 4.94. The molecule has 0 bridgehead atoms. The lowest BCUT2D eigenvalue weighted by molar-refractivity contribution is -0.123. The Bertz CT molecular complexity index is 596. The van der Waals surface area contributed by atoms with Gasteiger partial charge < -0.3 is 20.4 Å². The smallest absolute Gasteiger partial charge is 0.322 e. The minimum atomic E-state index is -1.00. The molecule has 1 spiro atoms. The monoisotopic (exact) mass is 278 g/mol. The Hall–Kier alpha value is -2.35. The number of likely N-dealkylation sites (tertiary alicyclic amines) is 1. The van der Waals surface area contributed by atoms with Gasteiger partial charge in [-0.25, -0.2) is 4.79 Å². The number of furan rings is 1. The maximum absolute atomic E-state index is 12.3. The van der Waals surface area contributed by atoms with E-state index in [1.807, 2.05) is 0 Å². The van der Waals surface area contributed by atoms with E-state index in [0.29, 0.717) is 18.7 Å². The number of carbonyl (C=O) groups excluding carboxylic acids is 3. The number of urea groups is 1. The van der Waals surface area contributed by atoms with Crippen molar-refractivity contribution in [3.63, 3.8) is 0 Å². The highest BCUT2D eigenvalue weighted by atomic mass is 16.4. The molecule has 2 fully saturated rings. The third kappa shape index (κ3) is 1.85. The molecule has 2 aliphatic rings.